The number of benzene rings is 4. The van der Waals surface area contributed by atoms with E-state index in [9.17, 15) is 18.0 Å². The monoisotopic (exact) mass is 553 g/mol. The van der Waals surface area contributed by atoms with Crippen molar-refractivity contribution in [2.75, 3.05) is 6.26 Å². The van der Waals surface area contributed by atoms with Crippen LogP contribution in [0, 0.1) is 0 Å². The Morgan fingerprint density at radius 1 is 0.821 bits per heavy atom. The SMILES string of the molecule is CS(=O)(=O)c1cncc(-c2cccc(Cl)c2-c2ccc3c(=O)n(-c4cccc5ccccc45)c(=O)[nH]c3c2)c1. The minimum Gasteiger partial charge on any atom is -0.306 e. The van der Waals surface area contributed by atoms with Gasteiger partial charge in [-0.2, -0.15) is 0 Å². The van der Waals surface area contributed by atoms with Gasteiger partial charge in [-0.3, -0.25) is 9.78 Å². The van der Waals surface area contributed by atoms with Crippen molar-refractivity contribution < 1.29 is 8.42 Å². The minimum atomic E-state index is -3.47. The predicted octanol–water partition coefficient (Wildman–Crippen LogP) is 5.62. The van der Waals surface area contributed by atoms with E-state index < -0.39 is 21.1 Å². The lowest BCUT2D eigenvalue weighted by molar-refractivity contribution is 0.601. The van der Waals surface area contributed by atoms with Crippen LogP contribution in [0.25, 0.3) is 49.6 Å². The smallest absolute Gasteiger partial charge is 0.306 e. The molecule has 0 bridgehead atoms. The number of nitrogens with zero attached hydrogens (tertiary/aromatic N) is 2. The van der Waals surface area contributed by atoms with Crippen LogP contribution in [0.1, 0.15) is 0 Å². The molecule has 6 rings (SSSR count). The van der Waals surface area contributed by atoms with Gasteiger partial charge in [0.1, 0.15) is 0 Å². The largest absolute Gasteiger partial charge is 0.333 e. The molecule has 2 heterocycles. The van der Waals surface area contributed by atoms with Gasteiger partial charge in [-0.1, -0.05) is 66.2 Å². The molecule has 2 aromatic heterocycles. The van der Waals surface area contributed by atoms with Gasteiger partial charge in [0.15, 0.2) is 9.84 Å². The molecular formula is C30H20ClN3O4S. The first kappa shape index (κ1) is 24.8. The molecule has 0 aliphatic carbocycles. The number of nitrogens with one attached hydrogen (secondary N) is 1. The van der Waals surface area contributed by atoms with Crippen molar-refractivity contribution in [2.45, 2.75) is 4.90 Å². The highest BCUT2D eigenvalue weighted by atomic mass is 35.5. The van der Waals surface area contributed by atoms with Crippen LogP contribution in [-0.2, 0) is 9.84 Å². The Kier molecular flexibility index (Phi) is 5.94. The second-order valence-electron chi connectivity index (χ2n) is 9.17. The minimum absolute atomic E-state index is 0.0859. The Hall–Kier alpha value is -4.53. The number of rotatable bonds is 4. The van der Waals surface area contributed by atoms with E-state index in [1.807, 2.05) is 42.5 Å². The first-order valence-corrected chi connectivity index (χ1v) is 14.2. The van der Waals surface area contributed by atoms with E-state index in [4.69, 9.17) is 11.6 Å². The fourth-order valence-corrected chi connectivity index (χ4v) is 5.70. The van der Waals surface area contributed by atoms with Gasteiger partial charge in [0.25, 0.3) is 5.56 Å². The summed E-state index contributed by atoms with van der Waals surface area (Å²) >= 11 is 6.64. The average Bonchev–Trinajstić information content (AvgIpc) is 2.92. The number of fused-ring (bicyclic) bond motifs is 2. The summed E-state index contributed by atoms with van der Waals surface area (Å²) in [6.07, 6.45) is 3.98. The third-order valence-corrected chi connectivity index (χ3v) is 8.05. The highest BCUT2D eigenvalue weighted by Crippen LogP contribution is 2.38. The summed E-state index contributed by atoms with van der Waals surface area (Å²) in [7, 11) is -3.47. The summed E-state index contributed by atoms with van der Waals surface area (Å²) in [4.78, 5) is 33.9. The molecule has 0 aliphatic rings. The zero-order valence-electron chi connectivity index (χ0n) is 20.6. The third-order valence-electron chi connectivity index (χ3n) is 6.66. The molecule has 7 nitrogen and oxygen atoms in total. The molecule has 0 aliphatic heterocycles. The summed E-state index contributed by atoms with van der Waals surface area (Å²) < 4.78 is 25.4. The molecular weight excluding hydrogens is 534 g/mol. The molecule has 192 valence electrons. The van der Waals surface area contributed by atoms with Crippen molar-refractivity contribution in [1.82, 2.24) is 14.5 Å². The maximum Gasteiger partial charge on any atom is 0.333 e. The molecule has 0 saturated carbocycles. The fraction of sp³-hybridized carbons (Fsp3) is 0.0333. The van der Waals surface area contributed by atoms with Gasteiger partial charge in [-0.15, -0.1) is 0 Å². The zero-order valence-corrected chi connectivity index (χ0v) is 22.1. The Morgan fingerprint density at radius 3 is 2.41 bits per heavy atom. The van der Waals surface area contributed by atoms with E-state index in [1.165, 1.54) is 6.20 Å². The molecule has 6 aromatic rings. The molecule has 0 spiro atoms. The maximum atomic E-state index is 13.6. The number of aromatic amines is 1. The van der Waals surface area contributed by atoms with Crippen LogP contribution in [0.3, 0.4) is 0 Å². The Labute approximate surface area is 227 Å². The summed E-state index contributed by atoms with van der Waals surface area (Å²) in [5, 5.41) is 2.45. The fourth-order valence-electron chi connectivity index (χ4n) is 4.82. The number of halogens is 1. The van der Waals surface area contributed by atoms with Crippen molar-refractivity contribution in [1.29, 1.82) is 0 Å². The highest BCUT2D eigenvalue weighted by molar-refractivity contribution is 7.90. The average molecular weight is 554 g/mol. The number of hydrogen-bond acceptors (Lipinski definition) is 5. The number of sulfone groups is 1. The quantitative estimate of drug-likeness (QED) is 0.305. The second-order valence-corrected chi connectivity index (χ2v) is 11.6. The van der Waals surface area contributed by atoms with Crippen molar-refractivity contribution in [3.8, 4) is 27.9 Å². The standard InChI is InChI=1S/C30H20ClN3O4S/c1-39(37,38)21-14-20(16-32-17-21)23-9-5-10-25(31)28(23)19-12-13-24-26(15-19)33-30(36)34(29(24)35)27-11-4-7-18-6-2-3-8-22(18)27/h2-17H,1H3,(H,33,36). The predicted molar refractivity (Wildman–Crippen MR) is 154 cm³/mol. The van der Waals surface area contributed by atoms with Gasteiger partial charge >= 0.3 is 5.69 Å². The lowest BCUT2D eigenvalue weighted by atomic mass is 9.94. The summed E-state index contributed by atoms with van der Waals surface area (Å²) in [5.74, 6) is 0. The van der Waals surface area contributed by atoms with Crippen molar-refractivity contribution in [3.63, 3.8) is 0 Å². The van der Waals surface area contributed by atoms with Crippen molar-refractivity contribution in [2.24, 2.45) is 0 Å². The first-order valence-electron chi connectivity index (χ1n) is 11.9. The van der Waals surface area contributed by atoms with Crippen molar-refractivity contribution >= 4 is 43.1 Å². The summed E-state index contributed by atoms with van der Waals surface area (Å²) in [6.45, 7) is 0. The Balaban J connectivity index is 1.55. The highest BCUT2D eigenvalue weighted by Gasteiger charge is 2.17. The van der Waals surface area contributed by atoms with E-state index >= 15 is 0 Å². The number of H-pyrrole nitrogens is 1. The second kappa shape index (κ2) is 9.34. The number of pyridine rings is 1. The molecule has 0 fully saturated rings. The van der Waals surface area contributed by atoms with E-state index in [0.29, 0.717) is 43.9 Å². The van der Waals surface area contributed by atoms with Crippen molar-refractivity contribution in [3.05, 3.63) is 123 Å². The zero-order chi connectivity index (χ0) is 27.3. The Morgan fingerprint density at radius 2 is 1.59 bits per heavy atom. The van der Waals surface area contributed by atoms with E-state index in [0.717, 1.165) is 21.6 Å². The molecule has 0 unspecified atom stereocenters. The first-order chi connectivity index (χ1) is 18.7. The van der Waals surface area contributed by atoms with Gasteiger partial charge in [-0.25, -0.2) is 17.8 Å². The van der Waals surface area contributed by atoms with Crippen LogP contribution in [0.5, 0.6) is 0 Å². The lowest BCUT2D eigenvalue weighted by Gasteiger charge is -2.14. The number of hydrogen-bond donors (Lipinski definition) is 1. The third kappa shape index (κ3) is 4.33. The lowest BCUT2D eigenvalue weighted by Crippen LogP contribution is -2.33. The van der Waals surface area contributed by atoms with Crippen LogP contribution in [0.4, 0.5) is 0 Å². The van der Waals surface area contributed by atoms with Gasteiger partial charge < -0.3 is 4.98 Å². The van der Waals surface area contributed by atoms with E-state index in [1.54, 1.807) is 48.7 Å². The van der Waals surface area contributed by atoms with Gasteiger partial charge in [0.2, 0.25) is 0 Å². The molecule has 0 radical (unpaired) electrons. The normalized spacial score (nSPS) is 11.7. The molecule has 4 aromatic carbocycles. The van der Waals surface area contributed by atoms with Crippen LogP contribution < -0.4 is 11.2 Å². The summed E-state index contributed by atoms with van der Waals surface area (Å²) in [6, 6.07) is 25.0. The summed E-state index contributed by atoms with van der Waals surface area (Å²) in [5.41, 5.74) is 2.33. The molecule has 0 atom stereocenters. The van der Waals surface area contributed by atoms with E-state index in [-0.39, 0.29) is 4.90 Å². The van der Waals surface area contributed by atoms with E-state index in [2.05, 4.69) is 9.97 Å². The van der Waals surface area contributed by atoms with Crippen LogP contribution in [0.2, 0.25) is 5.02 Å². The van der Waals surface area contributed by atoms with Gasteiger partial charge in [0.05, 0.1) is 21.5 Å². The maximum absolute atomic E-state index is 13.6. The molecule has 0 amide bonds. The topological polar surface area (TPSA) is 102 Å². The van der Waals surface area contributed by atoms with Crippen LogP contribution in [0.15, 0.2) is 112 Å². The van der Waals surface area contributed by atoms with Gasteiger partial charge in [0, 0.05) is 40.2 Å². The Bertz CT molecular complexity index is 2160. The number of aromatic nitrogens is 3. The molecule has 1 N–H and O–H groups in total. The van der Waals surface area contributed by atoms with Crippen LogP contribution in [-0.4, -0.2) is 29.2 Å². The van der Waals surface area contributed by atoms with Gasteiger partial charge in [-0.05, 0) is 46.8 Å². The molecule has 39 heavy (non-hydrogen) atoms. The molecule has 0 saturated heterocycles. The van der Waals surface area contributed by atoms with Crippen LogP contribution >= 0.6 is 11.6 Å². The molecule has 9 heteroatoms.